The van der Waals surface area contributed by atoms with Gasteiger partial charge in [0.2, 0.25) is 6.10 Å². The van der Waals surface area contributed by atoms with Gasteiger partial charge in [0.15, 0.2) is 0 Å². The Hall–Kier alpha value is -3.48. The van der Waals surface area contributed by atoms with Crippen LogP contribution in [0.5, 0.6) is 0 Å². The zero-order valence-electron chi connectivity index (χ0n) is 15.9. The van der Waals surface area contributed by atoms with Crippen LogP contribution in [0.25, 0.3) is 10.9 Å². The molecule has 0 aliphatic carbocycles. The normalized spacial score (nSPS) is 14.7. The topological polar surface area (TPSA) is 81.5 Å². The maximum Gasteiger partial charge on any atom is 0.327 e. The lowest BCUT2D eigenvalue weighted by Gasteiger charge is -2.23. The van der Waals surface area contributed by atoms with Gasteiger partial charge in [-0.15, -0.1) is 0 Å². The zero-order chi connectivity index (χ0) is 20.2. The second-order valence-electron chi connectivity index (χ2n) is 7.01. The molecule has 2 heterocycles. The molecule has 0 saturated carbocycles. The van der Waals surface area contributed by atoms with E-state index in [1.165, 1.54) is 10.9 Å². The van der Waals surface area contributed by atoms with Gasteiger partial charge in [-0.25, -0.2) is 4.98 Å². The molecule has 7 nitrogen and oxygen atoms in total. The number of ether oxygens (including phenoxy) is 1. The van der Waals surface area contributed by atoms with Crippen molar-refractivity contribution in [1.29, 1.82) is 0 Å². The number of rotatable bonds is 5. The number of aromatic nitrogens is 2. The third-order valence-corrected chi connectivity index (χ3v) is 5.02. The van der Waals surface area contributed by atoms with Gasteiger partial charge in [0.25, 0.3) is 11.5 Å². The highest BCUT2D eigenvalue weighted by molar-refractivity contribution is 5.85. The van der Waals surface area contributed by atoms with Crippen molar-refractivity contribution >= 4 is 22.8 Å². The summed E-state index contributed by atoms with van der Waals surface area (Å²) in [6, 6.07) is 15.9. The number of hydrogen-bond donors (Lipinski definition) is 0. The first-order chi connectivity index (χ1) is 14.1. The van der Waals surface area contributed by atoms with Crippen LogP contribution in [0.15, 0.2) is 65.7 Å². The summed E-state index contributed by atoms with van der Waals surface area (Å²) in [7, 11) is 0. The first-order valence-electron chi connectivity index (χ1n) is 9.61. The molecule has 148 valence electrons. The Kier molecular flexibility index (Phi) is 5.37. The fourth-order valence-electron chi connectivity index (χ4n) is 3.52. The summed E-state index contributed by atoms with van der Waals surface area (Å²) in [5.41, 5.74) is 0.852. The molecule has 7 heteroatoms. The second-order valence-corrected chi connectivity index (χ2v) is 7.01. The van der Waals surface area contributed by atoms with Crippen molar-refractivity contribution in [2.24, 2.45) is 0 Å². The first kappa shape index (κ1) is 18.9. The van der Waals surface area contributed by atoms with Gasteiger partial charge in [0, 0.05) is 18.7 Å². The summed E-state index contributed by atoms with van der Waals surface area (Å²) in [4.78, 5) is 44.1. The number of esters is 1. The molecular formula is C22H21N3O4. The van der Waals surface area contributed by atoms with Crippen molar-refractivity contribution in [1.82, 2.24) is 14.5 Å². The molecule has 1 saturated heterocycles. The zero-order valence-corrected chi connectivity index (χ0v) is 15.9. The second kappa shape index (κ2) is 8.26. The number of carbonyl (C=O) groups is 2. The molecule has 1 aliphatic rings. The average molecular weight is 391 g/mol. The van der Waals surface area contributed by atoms with Crippen molar-refractivity contribution in [3.05, 3.63) is 76.8 Å². The number of benzene rings is 2. The van der Waals surface area contributed by atoms with Crippen LogP contribution in [-0.2, 0) is 20.9 Å². The predicted molar refractivity (Wildman–Crippen MR) is 107 cm³/mol. The summed E-state index contributed by atoms with van der Waals surface area (Å²) in [6.07, 6.45) is 2.19. The fourth-order valence-corrected chi connectivity index (χ4v) is 3.52. The van der Waals surface area contributed by atoms with Gasteiger partial charge < -0.3 is 9.64 Å². The molecule has 1 aromatic heterocycles. The van der Waals surface area contributed by atoms with E-state index in [-0.39, 0.29) is 18.0 Å². The van der Waals surface area contributed by atoms with Gasteiger partial charge in [-0.3, -0.25) is 19.0 Å². The van der Waals surface area contributed by atoms with Gasteiger partial charge in [-0.1, -0.05) is 42.5 Å². The lowest BCUT2D eigenvalue weighted by molar-refractivity contribution is -0.161. The molecule has 3 aromatic rings. The highest BCUT2D eigenvalue weighted by atomic mass is 16.5. The van der Waals surface area contributed by atoms with Crippen molar-refractivity contribution < 1.29 is 14.3 Å². The van der Waals surface area contributed by atoms with Crippen molar-refractivity contribution in [2.45, 2.75) is 25.5 Å². The van der Waals surface area contributed by atoms with E-state index in [1.807, 2.05) is 6.07 Å². The Morgan fingerprint density at radius 2 is 1.69 bits per heavy atom. The maximum atomic E-state index is 12.9. The van der Waals surface area contributed by atoms with Crippen LogP contribution in [0.3, 0.4) is 0 Å². The summed E-state index contributed by atoms with van der Waals surface area (Å²) in [5, 5.41) is 0.426. The van der Waals surface area contributed by atoms with Crippen LogP contribution >= 0.6 is 0 Å². The molecule has 0 bridgehead atoms. The van der Waals surface area contributed by atoms with Crippen LogP contribution in [0.4, 0.5) is 0 Å². The Morgan fingerprint density at radius 1 is 1.00 bits per heavy atom. The summed E-state index contributed by atoms with van der Waals surface area (Å²) < 4.78 is 6.77. The Bertz CT molecular complexity index is 1090. The molecule has 2 aromatic carbocycles. The van der Waals surface area contributed by atoms with E-state index in [0.717, 1.165) is 12.8 Å². The predicted octanol–water partition coefficient (Wildman–Crippen LogP) is 2.30. The molecule has 1 amide bonds. The van der Waals surface area contributed by atoms with Gasteiger partial charge in [0.05, 0.1) is 17.2 Å². The summed E-state index contributed by atoms with van der Waals surface area (Å²) in [6.45, 7) is 1.01. The summed E-state index contributed by atoms with van der Waals surface area (Å²) in [5.74, 6) is -0.892. The molecule has 1 atom stereocenters. The molecule has 0 unspecified atom stereocenters. The SMILES string of the molecule is O=C(Cn1cnc2ccccc2c1=O)O[C@@H](C(=O)N1CCCC1)c1ccccc1. The van der Waals surface area contributed by atoms with Crippen molar-refractivity contribution in [3.63, 3.8) is 0 Å². The van der Waals surface area contributed by atoms with E-state index in [9.17, 15) is 14.4 Å². The Labute approximate surface area is 167 Å². The fraction of sp³-hybridized carbons (Fsp3) is 0.273. The molecule has 0 spiro atoms. The first-order valence-corrected chi connectivity index (χ1v) is 9.61. The van der Waals surface area contributed by atoms with Gasteiger partial charge in [0.1, 0.15) is 6.54 Å². The number of hydrogen-bond acceptors (Lipinski definition) is 5. The molecule has 1 fully saturated rings. The highest BCUT2D eigenvalue weighted by Gasteiger charge is 2.31. The highest BCUT2D eigenvalue weighted by Crippen LogP contribution is 2.23. The van der Waals surface area contributed by atoms with Crippen LogP contribution in [-0.4, -0.2) is 39.4 Å². The third-order valence-electron chi connectivity index (χ3n) is 5.02. The Morgan fingerprint density at radius 3 is 2.45 bits per heavy atom. The molecular weight excluding hydrogens is 370 g/mol. The number of para-hydroxylation sites is 1. The monoisotopic (exact) mass is 391 g/mol. The number of carbonyl (C=O) groups excluding carboxylic acids is 2. The molecule has 1 aliphatic heterocycles. The molecule has 0 radical (unpaired) electrons. The van der Waals surface area contributed by atoms with Crippen molar-refractivity contribution in [3.8, 4) is 0 Å². The van der Waals surface area contributed by atoms with Crippen LogP contribution < -0.4 is 5.56 Å². The van der Waals surface area contributed by atoms with Crippen LogP contribution in [0.1, 0.15) is 24.5 Å². The number of likely N-dealkylation sites (tertiary alicyclic amines) is 1. The minimum absolute atomic E-state index is 0.231. The van der Waals surface area contributed by atoms with E-state index < -0.39 is 12.1 Å². The lowest BCUT2D eigenvalue weighted by atomic mass is 10.1. The smallest absolute Gasteiger partial charge is 0.327 e. The number of nitrogens with zero attached hydrogens (tertiary/aromatic N) is 3. The molecule has 0 N–H and O–H groups in total. The minimum atomic E-state index is -1.02. The standard InChI is InChI=1S/C22H21N3O4/c26-19(14-25-15-23-18-11-5-4-10-17(18)21(25)27)29-20(16-8-2-1-3-9-16)22(28)24-12-6-7-13-24/h1-5,8-11,15,20H,6-7,12-14H2/t20-/m1/s1. The Balaban J connectivity index is 1.56. The van der Waals surface area contributed by atoms with Gasteiger partial charge in [-0.2, -0.15) is 0 Å². The van der Waals surface area contributed by atoms with Gasteiger partial charge >= 0.3 is 5.97 Å². The maximum absolute atomic E-state index is 12.9. The van der Waals surface area contributed by atoms with Gasteiger partial charge in [-0.05, 0) is 25.0 Å². The summed E-state index contributed by atoms with van der Waals surface area (Å²) >= 11 is 0. The molecule has 29 heavy (non-hydrogen) atoms. The lowest BCUT2D eigenvalue weighted by Crippen LogP contribution is -2.36. The molecule has 4 rings (SSSR count). The van der Waals surface area contributed by atoms with E-state index >= 15 is 0 Å². The van der Waals surface area contributed by atoms with Crippen molar-refractivity contribution in [2.75, 3.05) is 13.1 Å². The quantitative estimate of drug-likeness (QED) is 0.624. The largest absolute Gasteiger partial charge is 0.446 e. The third kappa shape index (κ3) is 4.03. The number of amides is 1. The van der Waals surface area contributed by atoms with E-state index in [2.05, 4.69) is 4.98 Å². The number of fused-ring (bicyclic) bond motifs is 1. The minimum Gasteiger partial charge on any atom is -0.446 e. The van der Waals surface area contributed by atoms with E-state index in [1.54, 1.807) is 53.4 Å². The van der Waals surface area contributed by atoms with Crippen LogP contribution in [0, 0.1) is 0 Å². The van der Waals surface area contributed by atoms with Crippen LogP contribution in [0.2, 0.25) is 0 Å². The average Bonchev–Trinajstić information content (AvgIpc) is 3.29. The van der Waals surface area contributed by atoms with E-state index in [4.69, 9.17) is 4.74 Å². The van der Waals surface area contributed by atoms with E-state index in [0.29, 0.717) is 29.6 Å².